The normalized spacial score (nSPS) is 18.8. The molecular weight excluding hydrogens is 227 g/mol. The number of benzene rings is 1. The van der Waals surface area contributed by atoms with Crippen molar-refractivity contribution in [2.75, 3.05) is 32.9 Å². The van der Waals surface area contributed by atoms with Crippen LogP contribution in [0.15, 0.2) is 18.2 Å². The van der Waals surface area contributed by atoms with E-state index in [9.17, 15) is 4.39 Å². The van der Waals surface area contributed by atoms with E-state index in [0.29, 0.717) is 6.42 Å². The highest BCUT2D eigenvalue weighted by atomic mass is 19.1. The highest BCUT2D eigenvalue weighted by molar-refractivity contribution is 5.33. The van der Waals surface area contributed by atoms with Crippen LogP contribution < -0.4 is 5.32 Å². The summed E-state index contributed by atoms with van der Waals surface area (Å²) in [6.45, 7) is 8.02. The zero-order valence-electron chi connectivity index (χ0n) is 11.4. The summed E-state index contributed by atoms with van der Waals surface area (Å²) in [6, 6.07) is 6.73. The second kappa shape index (κ2) is 6.30. The van der Waals surface area contributed by atoms with Crippen molar-refractivity contribution >= 4 is 0 Å². The summed E-state index contributed by atoms with van der Waals surface area (Å²) in [5.41, 5.74) is 3.83. The third kappa shape index (κ3) is 3.09. The smallest absolute Gasteiger partial charge is 0.0912 e. The van der Waals surface area contributed by atoms with E-state index in [1.807, 2.05) is 0 Å². The van der Waals surface area contributed by atoms with Crippen molar-refractivity contribution in [3.63, 3.8) is 0 Å². The highest BCUT2D eigenvalue weighted by Crippen LogP contribution is 2.28. The van der Waals surface area contributed by atoms with Crippen molar-refractivity contribution in [1.82, 2.24) is 10.2 Å². The van der Waals surface area contributed by atoms with Crippen LogP contribution in [-0.4, -0.2) is 37.8 Å². The molecule has 0 radical (unpaired) electrons. The van der Waals surface area contributed by atoms with Crippen LogP contribution >= 0.6 is 0 Å². The van der Waals surface area contributed by atoms with Crippen molar-refractivity contribution in [3.05, 3.63) is 34.9 Å². The Morgan fingerprint density at radius 1 is 1.28 bits per heavy atom. The van der Waals surface area contributed by atoms with E-state index >= 15 is 0 Å². The van der Waals surface area contributed by atoms with Crippen molar-refractivity contribution < 1.29 is 4.39 Å². The van der Waals surface area contributed by atoms with Crippen molar-refractivity contribution in [2.24, 2.45) is 0 Å². The van der Waals surface area contributed by atoms with Crippen LogP contribution in [0, 0.1) is 13.8 Å². The topological polar surface area (TPSA) is 15.3 Å². The van der Waals surface area contributed by atoms with Gasteiger partial charge in [0.05, 0.1) is 6.67 Å². The van der Waals surface area contributed by atoms with Gasteiger partial charge in [0.15, 0.2) is 0 Å². The van der Waals surface area contributed by atoms with Gasteiger partial charge in [0.1, 0.15) is 0 Å². The molecule has 100 valence electrons. The highest BCUT2D eigenvalue weighted by Gasteiger charge is 2.23. The van der Waals surface area contributed by atoms with E-state index in [0.717, 1.165) is 26.2 Å². The minimum Gasteiger partial charge on any atom is -0.314 e. The average Bonchev–Trinajstić information content (AvgIpc) is 2.40. The number of aryl methyl sites for hydroxylation is 2. The Morgan fingerprint density at radius 3 is 2.67 bits per heavy atom. The Labute approximate surface area is 109 Å². The second-order valence-electron chi connectivity index (χ2n) is 5.14. The van der Waals surface area contributed by atoms with E-state index in [1.54, 1.807) is 0 Å². The Balaban J connectivity index is 2.24. The number of hydrogen-bond acceptors (Lipinski definition) is 2. The lowest BCUT2D eigenvalue weighted by Gasteiger charge is -2.35. The summed E-state index contributed by atoms with van der Waals surface area (Å²) in [6.07, 6.45) is 0.601. The number of halogens is 1. The maximum Gasteiger partial charge on any atom is 0.0912 e. The summed E-state index contributed by atoms with van der Waals surface area (Å²) in [5, 5.41) is 3.35. The molecule has 1 saturated heterocycles. The van der Waals surface area contributed by atoms with Crippen LogP contribution in [-0.2, 0) is 0 Å². The van der Waals surface area contributed by atoms with Gasteiger partial charge in [-0.2, -0.15) is 0 Å². The number of nitrogens with one attached hydrogen (secondary N) is 1. The molecule has 1 aliphatic heterocycles. The molecule has 0 aromatic heterocycles. The van der Waals surface area contributed by atoms with Gasteiger partial charge in [0, 0.05) is 32.2 Å². The van der Waals surface area contributed by atoms with Gasteiger partial charge < -0.3 is 5.32 Å². The molecule has 1 aromatic rings. The minimum atomic E-state index is -0.248. The zero-order valence-corrected chi connectivity index (χ0v) is 11.4. The van der Waals surface area contributed by atoms with Crippen LogP contribution in [0.1, 0.15) is 29.2 Å². The molecule has 18 heavy (non-hydrogen) atoms. The molecule has 1 aliphatic rings. The van der Waals surface area contributed by atoms with E-state index in [-0.39, 0.29) is 12.7 Å². The molecular formula is C15H23FN2. The molecule has 0 amide bonds. The second-order valence-corrected chi connectivity index (χ2v) is 5.14. The molecule has 1 N–H and O–H groups in total. The Hall–Kier alpha value is -0.930. The quantitative estimate of drug-likeness (QED) is 0.883. The lowest BCUT2D eigenvalue weighted by Crippen LogP contribution is -2.45. The van der Waals surface area contributed by atoms with Gasteiger partial charge in [-0.05, 0) is 31.4 Å². The maximum atomic E-state index is 12.9. The van der Waals surface area contributed by atoms with E-state index < -0.39 is 0 Å². The number of hydrogen-bond donors (Lipinski definition) is 1. The fourth-order valence-corrected chi connectivity index (χ4v) is 2.75. The molecule has 3 heteroatoms. The standard InChI is InChI=1S/C15H23FN2/c1-12-3-4-13(2)14(11-12)15(5-6-16)18-9-7-17-8-10-18/h3-4,11,15,17H,5-10H2,1-2H3/t15-/m0/s1. The first kappa shape index (κ1) is 13.5. The summed E-state index contributed by atoms with van der Waals surface area (Å²) in [7, 11) is 0. The Kier molecular flexibility index (Phi) is 4.72. The number of rotatable bonds is 4. The van der Waals surface area contributed by atoms with Crippen molar-refractivity contribution in [2.45, 2.75) is 26.3 Å². The molecule has 0 bridgehead atoms. The molecule has 0 aliphatic carbocycles. The lowest BCUT2D eigenvalue weighted by atomic mass is 9.95. The molecule has 0 unspecified atom stereocenters. The van der Waals surface area contributed by atoms with Crippen molar-refractivity contribution in [3.8, 4) is 0 Å². The third-order valence-corrected chi connectivity index (χ3v) is 3.77. The third-order valence-electron chi connectivity index (χ3n) is 3.77. The first-order chi connectivity index (χ1) is 8.72. The van der Waals surface area contributed by atoms with Gasteiger partial charge in [-0.3, -0.25) is 9.29 Å². The van der Waals surface area contributed by atoms with E-state index in [1.165, 1.54) is 16.7 Å². The van der Waals surface area contributed by atoms with E-state index in [2.05, 4.69) is 42.3 Å². The molecule has 2 rings (SSSR count). The fraction of sp³-hybridized carbons (Fsp3) is 0.600. The largest absolute Gasteiger partial charge is 0.314 e. The first-order valence-corrected chi connectivity index (χ1v) is 6.80. The van der Waals surface area contributed by atoms with Gasteiger partial charge in [-0.15, -0.1) is 0 Å². The van der Waals surface area contributed by atoms with Gasteiger partial charge in [-0.25, -0.2) is 0 Å². The maximum absolute atomic E-state index is 12.9. The molecule has 1 heterocycles. The number of piperazine rings is 1. The molecule has 1 fully saturated rings. The average molecular weight is 250 g/mol. The molecule has 1 aromatic carbocycles. The van der Waals surface area contributed by atoms with Gasteiger partial charge in [0.2, 0.25) is 0 Å². The first-order valence-electron chi connectivity index (χ1n) is 6.80. The predicted octanol–water partition coefficient (Wildman–Crippen LogP) is 2.61. The summed E-state index contributed by atoms with van der Waals surface area (Å²) >= 11 is 0. The van der Waals surface area contributed by atoms with Crippen LogP contribution in [0.5, 0.6) is 0 Å². The van der Waals surface area contributed by atoms with Gasteiger partial charge >= 0.3 is 0 Å². The number of alkyl halides is 1. The molecule has 2 nitrogen and oxygen atoms in total. The van der Waals surface area contributed by atoms with Gasteiger partial charge in [0.25, 0.3) is 0 Å². The summed E-state index contributed by atoms with van der Waals surface area (Å²) in [4.78, 5) is 2.41. The van der Waals surface area contributed by atoms with Gasteiger partial charge in [-0.1, -0.05) is 23.8 Å². The Bertz CT molecular complexity index is 386. The monoisotopic (exact) mass is 250 g/mol. The van der Waals surface area contributed by atoms with Crippen LogP contribution in [0.4, 0.5) is 4.39 Å². The van der Waals surface area contributed by atoms with Crippen molar-refractivity contribution in [1.29, 1.82) is 0 Å². The molecule has 0 spiro atoms. The Morgan fingerprint density at radius 2 is 2.00 bits per heavy atom. The fourth-order valence-electron chi connectivity index (χ4n) is 2.75. The minimum absolute atomic E-state index is 0.233. The predicted molar refractivity (Wildman–Crippen MR) is 73.7 cm³/mol. The molecule has 0 saturated carbocycles. The molecule has 1 atom stereocenters. The van der Waals surface area contributed by atoms with Crippen LogP contribution in [0.25, 0.3) is 0 Å². The lowest BCUT2D eigenvalue weighted by molar-refractivity contribution is 0.157. The SMILES string of the molecule is Cc1ccc(C)c([C@H](CCF)N2CCNCC2)c1. The zero-order chi connectivity index (χ0) is 13.0. The summed E-state index contributed by atoms with van der Waals surface area (Å²) < 4.78 is 12.9. The van der Waals surface area contributed by atoms with Crippen LogP contribution in [0.3, 0.4) is 0 Å². The number of nitrogens with zero attached hydrogens (tertiary/aromatic N) is 1. The van der Waals surface area contributed by atoms with Crippen LogP contribution in [0.2, 0.25) is 0 Å². The van der Waals surface area contributed by atoms with E-state index in [4.69, 9.17) is 0 Å². The summed E-state index contributed by atoms with van der Waals surface area (Å²) in [5.74, 6) is 0.